The number of fused-ring (bicyclic) bond motifs is 1. The lowest BCUT2D eigenvalue weighted by Crippen LogP contribution is -2.19. The molecule has 0 atom stereocenters. The van der Waals surface area contributed by atoms with E-state index in [-0.39, 0.29) is 5.56 Å². The molecule has 2 heterocycles. The summed E-state index contributed by atoms with van der Waals surface area (Å²) in [4.78, 5) is 20.5. The van der Waals surface area contributed by atoms with E-state index in [1.807, 2.05) is 29.6 Å². The van der Waals surface area contributed by atoms with Crippen LogP contribution in [0, 0.1) is 0 Å². The van der Waals surface area contributed by atoms with Crippen LogP contribution in [-0.2, 0) is 6.54 Å². The van der Waals surface area contributed by atoms with E-state index in [1.165, 1.54) is 11.3 Å². The Morgan fingerprint density at radius 3 is 2.86 bits per heavy atom. The first-order valence-corrected chi connectivity index (χ1v) is 8.02. The number of rotatable bonds is 5. The molecule has 0 unspecified atom stereocenters. The molecule has 0 aliphatic heterocycles. The Morgan fingerprint density at radius 2 is 2.14 bits per heavy atom. The number of nitrogens with one attached hydrogen (secondary N) is 2. The summed E-state index contributed by atoms with van der Waals surface area (Å²) in [5.74, 6) is 0.629. The summed E-state index contributed by atoms with van der Waals surface area (Å²) in [6.07, 6.45) is 1.76. The van der Waals surface area contributed by atoms with Crippen LogP contribution in [-0.4, -0.2) is 16.5 Å². The fraction of sp³-hybridized carbons (Fsp3) is 0.125. The van der Waals surface area contributed by atoms with E-state index in [0.29, 0.717) is 29.3 Å². The van der Waals surface area contributed by atoms with Crippen molar-refractivity contribution in [3.05, 3.63) is 63.5 Å². The van der Waals surface area contributed by atoms with Crippen LogP contribution >= 0.6 is 22.9 Å². The first-order valence-electron chi connectivity index (χ1n) is 6.77. The minimum absolute atomic E-state index is 0.119. The Hall–Kier alpha value is -1.95. The smallest absolute Gasteiger partial charge is 0.260 e. The van der Waals surface area contributed by atoms with Crippen molar-refractivity contribution >= 4 is 33.2 Å². The van der Waals surface area contributed by atoms with Crippen LogP contribution in [0.3, 0.4) is 0 Å². The first-order chi connectivity index (χ1) is 10.7. The molecule has 2 aromatic heterocycles. The van der Waals surface area contributed by atoms with Crippen LogP contribution in [0.5, 0.6) is 0 Å². The second-order valence-electron chi connectivity index (χ2n) is 4.77. The van der Waals surface area contributed by atoms with Gasteiger partial charge in [0.1, 0.15) is 10.7 Å². The summed E-state index contributed by atoms with van der Waals surface area (Å²) >= 11 is 7.38. The van der Waals surface area contributed by atoms with Crippen LogP contribution in [0.15, 0.2) is 47.1 Å². The van der Waals surface area contributed by atoms with Gasteiger partial charge in [-0.15, -0.1) is 17.9 Å². The molecule has 0 bridgehead atoms. The number of halogens is 1. The molecule has 0 saturated carbocycles. The van der Waals surface area contributed by atoms with Gasteiger partial charge in [-0.3, -0.25) is 4.79 Å². The predicted octanol–water partition coefficient (Wildman–Crippen LogP) is 3.58. The summed E-state index contributed by atoms with van der Waals surface area (Å²) in [7, 11) is 0. The molecule has 112 valence electrons. The van der Waals surface area contributed by atoms with Crippen molar-refractivity contribution in [1.29, 1.82) is 0 Å². The van der Waals surface area contributed by atoms with Crippen molar-refractivity contribution in [2.24, 2.45) is 0 Å². The van der Waals surface area contributed by atoms with E-state index in [9.17, 15) is 4.79 Å². The SMILES string of the molecule is C=CCNCc1nc2scc(-c3ccc(Cl)cc3)c2c(=O)[nH]1. The zero-order valence-electron chi connectivity index (χ0n) is 11.7. The largest absolute Gasteiger partial charge is 0.309 e. The molecule has 6 heteroatoms. The van der Waals surface area contributed by atoms with Gasteiger partial charge in [0.25, 0.3) is 5.56 Å². The highest BCUT2D eigenvalue weighted by Crippen LogP contribution is 2.31. The zero-order valence-corrected chi connectivity index (χ0v) is 13.3. The monoisotopic (exact) mass is 331 g/mol. The number of aromatic nitrogens is 2. The van der Waals surface area contributed by atoms with Crippen LogP contribution in [0.25, 0.3) is 21.3 Å². The van der Waals surface area contributed by atoms with Crippen LogP contribution in [0.1, 0.15) is 5.82 Å². The van der Waals surface area contributed by atoms with E-state index in [2.05, 4.69) is 21.9 Å². The fourth-order valence-electron chi connectivity index (χ4n) is 2.21. The summed E-state index contributed by atoms with van der Waals surface area (Å²) in [5.41, 5.74) is 1.73. The van der Waals surface area contributed by atoms with E-state index in [4.69, 9.17) is 11.6 Å². The van der Waals surface area contributed by atoms with Gasteiger partial charge in [0.15, 0.2) is 0 Å². The molecule has 0 radical (unpaired) electrons. The molecular formula is C16H14ClN3OS. The second-order valence-corrected chi connectivity index (χ2v) is 6.06. The van der Waals surface area contributed by atoms with Gasteiger partial charge in [0, 0.05) is 22.5 Å². The molecule has 1 aromatic carbocycles. The number of aromatic amines is 1. The number of hydrogen-bond donors (Lipinski definition) is 2. The third-order valence-corrected chi connectivity index (χ3v) is 4.35. The number of H-pyrrole nitrogens is 1. The molecule has 3 rings (SSSR count). The third-order valence-electron chi connectivity index (χ3n) is 3.23. The normalized spacial score (nSPS) is 11.0. The molecule has 0 spiro atoms. The molecule has 22 heavy (non-hydrogen) atoms. The van der Waals surface area contributed by atoms with Crippen molar-refractivity contribution in [3.63, 3.8) is 0 Å². The molecule has 2 N–H and O–H groups in total. The molecule has 0 saturated heterocycles. The highest BCUT2D eigenvalue weighted by Gasteiger charge is 2.12. The minimum atomic E-state index is -0.119. The summed E-state index contributed by atoms with van der Waals surface area (Å²) in [6.45, 7) is 4.81. The molecular weight excluding hydrogens is 318 g/mol. The summed E-state index contributed by atoms with van der Waals surface area (Å²) in [5, 5.41) is 6.38. The van der Waals surface area contributed by atoms with Gasteiger partial charge < -0.3 is 10.3 Å². The summed E-state index contributed by atoms with van der Waals surface area (Å²) < 4.78 is 0. The highest BCUT2D eigenvalue weighted by molar-refractivity contribution is 7.17. The van der Waals surface area contributed by atoms with Gasteiger partial charge in [0.05, 0.1) is 11.9 Å². The third kappa shape index (κ3) is 2.97. The lowest BCUT2D eigenvalue weighted by molar-refractivity contribution is 0.718. The van der Waals surface area contributed by atoms with Gasteiger partial charge >= 0.3 is 0 Å². The maximum absolute atomic E-state index is 12.4. The fourth-order valence-corrected chi connectivity index (χ4v) is 3.30. The lowest BCUT2D eigenvalue weighted by atomic mass is 10.1. The maximum Gasteiger partial charge on any atom is 0.260 e. The number of thiophene rings is 1. The Kier molecular flexibility index (Phi) is 4.38. The topological polar surface area (TPSA) is 57.8 Å². The van der Waals surface area contributed by atoms with Gasteiger partial charge in [-0.25, -0.2) is 4.98 Å². The van der Waals surface area contributed by atoms with Gasteiger partial charge in [0.2, 0.25) is 0 Å². The highest BCUT2D eigenvalue weighted by atomic mass is 35.5. The molecule has 3 aromatic rings. The van der Waals surface area contributed by atoms with E-state index < -0.39 is 0 Å². The van der Waals surface area contributed by atoms with Gasteiger partial charge in [-0.2, -0.15) is 0 Å². The van der Waals surface area contributed by atoms with Crippen LogP contribution in [0.2, 0.25) is 5.02 Å². The van der Waals surface area contributed by atoms with E-state index in [0.717, 1.165) is 16.0 Å². The van der Waals surface area contributed by atoms with Crippen molar-refractivity contribution in [2.75, 3.05) is 6.54 Å². The Labute approximate surface area is 136 Å². The molecule has 0 fully saturated rings. The van der Waals surface area contributed by atoms with Crippen molar-refractivity contribution in [1.82, 2.24) is 15.3 Å². The predicted molar refractivity (Wildman–Crippen MR) is 92.6 cm³/mol. The quantitative estimate of drug-likeness (QED) is 0.555. The molecule has 4 nitrogen and oxygen atoms in total. The Bertz CT molecular complexity index is 867. The molecule has 0 aliphatic carbocycles. The number of benzene rings is 1. The van der Waals surface area contributed by atoms with Gasteiger partial charge in [-0.05, 0) is 17.7 Å². The molecule has 0 aliphatic rings. The van der Waals surface area contributed by atoms with Gasteiger partial charge in [-0.1, -0.05) is 29.8 Å². The first kappa shape index (κ1) is 15.0. The van der Waals surface area contributed by atoms with Crippen LogP contribution in [0.4, 0.5) is 0 Å². The summed E-state index contributed by atoms with van der Waals surface area (Å²) in [6, 6.07) is 7.44. The van der Waals surface area contributed by atoms with Crippen molar-refractivity contribution in [2.45, 2.75) is 6.54 Å². The Morgan fingerprint density at radius 1 is 1.36 bits per heavy atom. The number of nitrogens with zero attached hydrogens (tertiary/aromatic N) is 1. The molecule has 0 amide bonds. The Balaban J connectivity index is 2.02. The zero-order chi connectivity index (χ0) is 15.5. The van der Waals surface area contributed by atoms with Crippen LogP contribution < -0.4 is 10.9 Å². The minimum Gasteiger partial charge on any atom is -0.309 e. The van der Waals surface area contributed by atoms with Crippen molar-refractivity contribution in [3.8, 4) is 11.1 Å². The van der Waals surface area contributed by atoms with Crippen molar-refractivity contribution < 1.29 is 0 Å². The maximum atomic E-state index is 12.4. The number of hydrogen-bond acceptors (Lipinski definition) is 4. The average molecular weight is 332 g/mol. The van der Waals surface area contributed by atoms with E-state index in [1.54, 1.807) is 6.08 Å². The van der Waals surface area contributed by atoms with E-state index >= 15 is 0 Å². The average Bonchev–Trinajstić information content (AvgIpc) is 2.93. The second kappa shape index (κ2) is 6.44. The standard InChI is InChI=1S/C16H14ClN3OS/c1-2-7-18-8-13-19-15(21)14-12(9-22-16(14)20-13)10-3-5-11(17)6-4-10/h2-6,9,18H,1,7-8H2,(H,19,20,21). The lowest BCUT2D eigenvalue weighted by Gasteiger charge is -2.03.